The summed E-state index contributed by atoms with van der Waals surface area (Å²) in [5.74, 6) is 0. The van der Waals surface area contributed by atoms with Crippen LogP contribution >= 0.6 is 0 Å². The Morgan fingerprint density at radius 2 is 1.67 bits per heavy atom. The number of hydrogen-bond acceptors (Lipinski definition) is 1. The summed E-state index contributed by atoms with van der Waals surface area (Å²) in [5.41, 5.74) is 0. The predicted octanol–water partition coefficient (Wildman–Crippen LogP) is 1.04. The first-order valence-corrected chi connectivity index (χ1v) is 5.19. The Bertz CT molecular complexity index is 392. The quantitative estimate of drug-likeness (QED) is 0.636. The Kier molecular flexibility index (Phi) is 2.14. The van der Waals surface area contributed by atoms with Gasteiger partial charge in [-0.3, -0.25) is 0 Å². The van der Waals surface area contributed by atoms with E-state index in [-0.39, 0.29) is 15.4 Å². The Morgan fingerprint density at radius 1 is 0.917 bits per heavy atom. The van der Waals surface area contributed by atoms with Gasteiger partial charge in [0, 0.05) is 0 Å². The molecule has 0 unspecified atom stereocenters. The van der Waals surface area contributed by atoms with Crippen LogP contribution in [-0.4, -0.2) is 15.4 Å². The van der Waals surface area contributed by atoms with Crippen molar-refractivity contribution in [1.82, 2.24) is 0 Å². The molecule has 0 amide bonds. The zero-order valence-electron chi connectivity index (χ0n) is 6.70. The lowest BCUT2D eigenvalue weighted by atomic mass is 10.1. The smallest absolute Gasteiger partial charge is 0.364 e. The Hall–Kier alpha value is -0.808. The number of hydrogen-bond donors (Lipinski definition) is 1. The first-order valence-electron chi connectivity index (χ1n) is 3.94. The molecule has 0 saturated carbocycles. The van der Waals surface area contributed by atoms with Gasteiger partial charge in [0.2, 0.25) is 0 Å². The molecular formula is C10H9AlN. The van der Waals surface area contributed by atoms with Crippen molar-refractivity contribution < 1.29 is 0 Å². The van der Waals surface area contributed by atoms with Crippen molar-refractivity contribution in [2.75, 3.05) is 0 Å². The van der Waals surface area contributed by atoms with Crippen LogP contribution in [0.3, 0.4) is 0 Å². The molecule has 1 nitrogen and oxygen atoms in total. The maximum absolute atomic E-state index is 5.70. The van der Waals surface area contributed by atoms with Crippen molar-refractivity contribution in [3.05, 3.63) is 42.5 Å². The van der Waals surface area contributed by atoms with Crippen molar-refractivity contribution in [3.8, 4) is 0 Å². The highest BCUT2D eigenvalue weighted by Gasteiger charge is 1.97. The fourth-order valence-electron chi connectivity index (χ4n) is 1.40. The average Bonchev–Trinajstić information content (AvgIpc) is 2.17. The van der Waals surface area contributed by atoms with E-state index in [1.54, 1.807) is 0 Å². The van der Waals surface area contributed by atoms with E-state index in [4.69, 9.17) is 4.72 Å². The van der Waals surface area contributed by atoms with Crippen LogP contribution in [-0.2, 0) is 0 Å². The third kappa shape index (κ3) is 1.25. The summed E-state index contributed by atoms with van der Waals surface area (Å²) < 4.78 is 7.00. The molecule has 0 aliphatic rings. The van der Waals surface area contributed by atoms with Crippen LogP contribution in [0.25, 0.3) is 10.8 Å². The molecule has 0 bridgehead atoms. The van der Waals surface area contributed by atoms with E-state index in [1.807, 2.05) is 0 Å². The summed E-state index contributed by atoms with van der Waals surface area (Å²) in [4.78, 5) is 0. The molecule has 1 radical (unpaired) electrons. The molecule has 0 aliphatic carbocycles. The first kappa shape index (κ1) is 7.82. The van der Waals surface area contributed by atoms with E-state index in [0.29, 0.717) is 0 Å². The SMILES string of the molecule is [NH2][Al][c]1cccc2ccccc12. The largest absolute Gasteiger partial charge is 0.416 e. The first-order chi connectivity index (χ1) is 5.92. The van der Waals surface area contributed by atoms with Gasteiger partial charge >= 0.3 is 15.4 Å². The normalized spacial score (nSPS) is 10.1. The highest BCUT2D eigenvalue weighted by atomic mass is 27.1. The topological polar surface area (TPSA) is 26.0 Å². The molecule has 2 aromatic carbocycles. The zero-order valence-corrected chi connectivity index (χ0v) is 7.85. The van der Waals surface area contributed by atoms with Crippen LogP contribution in [0.5, 0.6) is 0 Å². The molecule has 0 heterocycles. The van der Waals surface area contributed by atoms with Gasteiger partial charge in [0.1, 0.15) is 0 Å². The van der Waals surface area contributed by atoms with Crippen molar-refractivity contribution in [1.29, 1.82) is 0 Å². The van der Waals surface area contributed by atoms with Crippen molar-refractivity contribution >= 4 is 30.6 Å². The standard InChI is InChI=1S/C10H7.Al.H2N/c1-2-6-10-8-4-3-7-9(10)5-1;;/h1-7H;;1H2/q;+1;-1. The minimum absolute atomic E-state index is 0.0734. The molecule has 2 aromatic rings. The van der Waals surface area contributed by atoms with Crippen LogP contribution in [0.15, 0.2) is 42.5 Å². The third-order valence-corrected chi connectivity index (χ3v) is 2.87. The van der Waals surface area contributed by atoms with Crippen molar-refractivity contribution in [3.63, 3.8) is 0 Å². The van der Waals surface area contributed by atoms with Gasteiger partial charge in [0.05, 0.1) is 0 Å². The fourth-order valence-corrected chi connectivity index (χ4v) is 2.06. The average molecular weight is 170 g/mol. The lowest BCUT2D eigenvalue weighted by Gasteiger charge is -2.01. The molecule has 0 atom stereocenters. The lowest BCUT2D eigenvalue weighted by molar-refractivity contribution is 1.77. The molecule has 57 valence electrons. The number of nitrogens with two attached hydrogens (primary N) is 1. The van der Waals surface area contributed by atoms with Gasteiger partial charge in [-0.05, 0) is 10.8 Å². The minimum atomic E-state index is -0.0734. The molecule has 0 spiro atoms. The molecule has 2 rings (SSSR count). The second-order valence-electron chi connectivity index (χ2n) is 2.74. The van der Waals surface area contributed by atoms with Gasteiger partial charge in [-0.25, -0.2) is 0 Å². The Balaban J connectivity index is 2.79. The number of rotatable bonds is 1. The molecule has 12 heavy (non-hydrogen) atoms. The lowest BCUT2D eigenvalue weighted by Crippen LogP contribution is -2.23. The van der Waals surface area contributed by atoms with E-state index in [1.165, 1.54) is 15.2 Å². The molecule has 0 aliphatic heterocycles. The summed E-state index contributed by atoms with van der Waals surface area (Å²) >= 11 is -0.0734. The van der Waals surface area contributed by atoms with Gasteiger partial charge < -0.3 is 4.72 Å². The van der Waals surface area contributed by atoms with Crippen molar-refractivity contribution in [2.45, 2.75) is 0 Å². The van der Waals surface area contributed by atoms with E-state index in [0.717, 1.165) is 0 Å². The maximum atomic E-state index is 5.70. The molecule has 0 fully saturated rings. The highest BCUT2D eigenvalue weighted by molar-refractivity contribution is 6.54. The van der Waals surface area contributed by atoms with Gasteiger partial charge in [-0.1, -0.05) is 46.9 Å². The molecular weight excluding hydrogens is 161 g/mol. The number of benzene rings is 2. The van der Waals surface area contributed by atoms with Crippen LogP contribution in [0.1, 0.15) is 0 Å². The third-order valence-electron chi connectivity index (χ3n) is 2.00. The summed E-state index contributed by atoms with van der Waals surface area (Å²) in [6.45, 7) is 0. The van der Waals surface area contributed by atoms with Gasteiger partial charge in [-0.15, -0.1) is 0 Å². The Labute approximate surface area is 78.1 Å². The number of fused-ring (bicyclic) bond motifs is 1. The van der Waals surface area contributed by atoms with Crippen LogP contribution in [0, 0.1) is 0 Å². The van der Waals surface area contributed by atoms with Gasteiger partial charge in [0.15, 0.2) is 0 Å². The zero-order chi connectivity index (χ0) is 8.39. The second-order valence-corrected chi connectivity index (χ2v) is 3.69. The van der Waals surface area contributed by atoms with Crippen LogP contribution in [0.2, 0.25) is 0 Å². The van der Waals surface area contributed by atoms with E-state index >= 15 is 0 Å². The van der Waals surface area contributed by atoms with E-state index in [2.05, 4.69) is 42.5 Å². The van der Waals surface area contributed by atoms with E-state index in [9.17, 15) is 0 Å². The second kappa shape index (κ2) is 3.28. The highest BCUT2D eigenvalue weighted by Crippen LogP contribution is 2.09. The summed E-state index contributed by atoms with van der Waals surface area (Å²) in [6, 6.07) is 14.7. The summed E-state index contributed by atoms with van der Waals surface area (Å²) in [7, 11) is 0. The van der Waals surface area contributed by atoms with Gasteiger partial charge in [-0.2, -0.15) is 0 Å². The minimum Gasteiger partial charge on any atom is -0.416 e. The summed E-state index contributed by atoms with van der Waals surface area (Å²) in [6.07, 6.45) is 0. The maximum Gasteiger partial charge on any atom is 0.364 e. The molecule has 0 saturated heterocycles. The van der Waals surface area contributed by atoms with Crippen LogP contribution in [0.4, 0.5) is 0 Å². The van der Waals surface area contributed by atoms with Gasteiger partial charge in [0.25, 0.3) is 0 Å². The molecule has 2 N–H and O–H groups in total. The van der Waals surface area contributed by atoms with E-state index < -0.39 is 0 Å². The summed E-state index contributed by atoms with van der Waals surface area (Å²) in [5, 5.41) is 2.59. The fraction of sp³-hybridized carbons (Fsp3) is 0. The predicted molar refractivity (Wildman–Crippen MR) is 53.5 cm³/mol. The monoisotopic (exact) mass is 170 g/mol. The van der Waals surface area contributed by atoms with Crippen LogP contribution < -0.4 is 9.14 Å². The van der Waals surface area contributed by atoms with Crippen molar-refractivity contribution in [2.24, 2.45) is 4.72 Å². The molecule has 2 heteroatoms. The molecule has 0 aromatic heterocycles. The Morgan fingerprint density at radius 3 is 2.50 bits per heavy atom.